The highest BCUT2D eigenvalue weighted by atomic mass is 16.6. The maximum absolute atomic E-state index is 12.8. The second-order valence-electron chi connectivity index (χ2n) is 7.37. The van der Waals surface area contributed by atoms with Crippen molar-refractivity contribution in [1.29, 1.82) is 0 Å². The number of nitrogens with zero attached hydrogens (tertiary/aromatic N) is 2. The van der Waals surface area contributed by atoms with Crippen molar-refractivity contribution in [3.8, 4) is 0 Å². The first kappa shape index (κ1) is 22.6. The summed E-state index contributed by atoms with van der Waals surface area (Å²) in [6, 6.07) is 3.34. The molecule has 2 heterocycles. The third-order valence-corrected chi connectivity index (χ3v) is 5.24. The lowest BCUT2D eigenvalue weighted by Gasteiger charge is -2.20. The minimum absolute atomic E-state index is 0.153. The number of fused-ring (bicyclic) bond motifs is 1. The van der Waals surface area contributed by atoms with E-state index in [0.29, 0.717) is 17.6 Å². The van der Waals surface area contributed by atoms with Gasteiger partial charge in [-0.1, -0.05) is 39.5 Å². The van der Waals surface area contributed by atoms with Gasteiger partial charge >= 0.3 is 11.9 Å². The van der Waals surface area contributed by atoms with Gasteiger partial charge in [0.05, 0.1) is 5.39 Å². The van der Waals surface area contributed by atoms with Crippen LogP contribution in [0.1, 0.15) is 68.9 Å². The molecule has 2 aromatic rings. The Kier molecular flexibility index (Phi) is 7.93. The molecule has 2 aromatic heterocycles. The number of aryl methyl sites for hydroxylation is 2. The molecule has 7 nitrogen and oxygen atoms in total. The second kappa shape index (κ2) is 10.2. The van der Waals surface area contributed by atoms with E-state index < -0.39 is 23.5 Å². The predicted molar refractivity (Wildman–Crippen MR) is 111 cm³/mol. The van der Waals surface area contributed by atoms with E-state index >= 15 is 0 Å². The molecular weight excluding hydrogens is 372 g/mol. The Bertz CT molecular complexity index is 935. The molecule has 0 amide bonds. The number of aliphatic carboxylic acids is 1. The summed E-state index contributed by atoms with van der Waals surface area (Å²) in [6.07, 6.45) is 4.10. The van der Waals surface area contributed by atoms with Crippen molar-refractivity contribution in [1.82, 2.24) is 9.55 Å². The van der Waals surface area contributed by atoms with E-state index in [1.165, 1.54) is 6.20 Å². The fourth-order valence-electron chi connectivity index (χ4n) is 3.42. The lowest BCUT2D eigenvalue weighted by molar-refractivity contribution is -0.148. The summed E-state index contributed by atoms with van der Waals surface area (Å²) in [5.74, 6) is -1.94. The predicted octanol–water partition coefficient (Wildman–Crippen LogP) is 3.94. The van der Waals surface area contributed by atoms with E-state index in [2.05, 4.69) is 11.9 Å². The molecule has 0 saturated carbocycles. The third-order valence-electron chi connectivity index (χ3n) is 5.24. The maximum atomic E-state index is 12.8. The first-order valence-corrected chi connectivity index (χ1v) is 10.3. The number of carbonyl (C=O) groups is 2. The van der Waals surface area contributed by atoms with E-state index in [1.54, 1.807) is 16.7 Å². The normalized spacial score (nSPS) is 13.2. The van der Waals surface area contributed by atoms with Gasteiger partial charge in [0.15, 0.2) is 6.10 Å². The van der Waals surface area contributed by atoms with Gasteiger partial charge in [0, 0.05) is 18.4 Å². The first-order valence-electron chi connectivity index (χ1n) is 10.3. The molecule has 0 radical (unpaired) electrons. The van der Waals surface area contributed by atoms with Gasteiger partial charge in [-0.25, -0.2) is 14.6 Å². The molecule has 29 heavy (non-hydrogen) atoms. The standard InChI is InChI=1S/C22H30N2O5/c1-5-8-9-15(6-2)12-18(21(26)27)29-22(28)17-13-24(7-3)20-16(19(17)25)11-10-14(4)23-20/h10-11,13,15,18H,5-9,12H2,1-4H3,(H,26,27). The van der Waals surface area contributed by atoms with Crippen LogP contribution >= 0.6 is 0 Å². The van der Waals surface area contributed by atoms with Crippen LogP contribution in [-0.2, 0) is 16.1 Å². The molecule has 0 bridgehead atoms. The highest BCUT2D eigenvalue weighted by Gasteiger charge is 2.28. The van der Waals surface area contributed by atoms with Crippen molar-refractivity contribution < 1.29 is 19.4 Å². The van der Waals surface area contributed by atoms with Crippen LogP contribution < -0.4 is 5.43 Å². The lowest BCUT2D eigenvalue weighted by atomic mass is 9.93. The highest BCUT2D eigenvalue weighted by molar-refractivity contribution is 5.94. The summed E-state index contributed by atoms with van der Waals surface area (Å²) in [5.41, 5.74) is 0.592. The van der Waals surface area contributed by atoms with Crippen molar-refractivity contribution >= 4 is 23.0 Å². The number of unbranched alkanes of at least 4 members (excludes halogenated alkanes) is 1. The smallest absolute Gasteiger partial charge is 0.345 e. The molecule has 0 spiro atoms. The molecule has 2 unspecified atom stereocenters. The molecule has 2 rings (SSSR count). The summed E-state index contributed by atoms with van der Waals surface area (Å²) >= 11 is 0. The molecular formula is C22H30N2O5. The monoisotopic (exact) mass is 402 g/mol. The topological polar surface area (TPSA) is 98.5 Å². The van der Waals surface area contributed by atoms with Crippen molar-refractivity contribution in [3.05, 3.63) is 39.8 Å². The van der Waals surface area contributed by atoms with Crippen LogP contribution in [0.3, 0.4) is 0 Å². The Labute approximate surface area is 170 Å². The number of ether oxygens (including phenoxy) is 1. The molecule has 2 atom stereocenters. The second-order valence-corrected chi connectivity index (χ2v) is 7.37. The quantitative estimate of drug-likeness (QED) is 0.604. The number of rotatable bonds is 10. The Balaban J connectivity index is 2.33. The van der Waals surface area contributed by atoms with E-state index in [0.717, 1.165) is 31.4 Å². The highest BCUT2D eigenvalue weighted by Crippen LogP contribution is 2.21. The Morgan fingerprint density at radius 3 is 2.55 bits per heavy atom. The zero-order chi connectivity index (χ0) is 21.6. The van der Waals surface area contributed by atoms with Crippen molar-refractivity contribution in [2.24, 2.45) is 5.92 Å². The van der Waals surface area contributed by atoms with Crippen molar-refractivity contribution in [3.63, 3.8) is 0 Å². The molecule has 158 valence electrons. The number of carboxylic acid groups (broad SMARTS) is 1. The molecule has 0 aliphatic carbocycles. The zero-order valence-electron chi connectivity index (χ0n) is 17.6. The number of carbonyl (C=O) groups excluding carboxylic acids is 1. The number of aromatic nitrogens is 2. The van der Waals surface area contributed by atoms with Crippen molar-refractivity contribution in [2.45, 2.75) is 72.4 Å². The van der Waals surface area contributed by atoms with Gasteiger partial charge in [0.25, 0.3) is 0 Å². The number of hydrogen-bond acceptors (Lipinski definition) is 5. The molecule has 0 saturated heterocycles. The molecule has 0 aliphatic rings. The van der Waals surface area contributed by atoms with Crippen LogP contribution in [0.4, 0.5) is 0 Å². The summed E-state index contributed by atoms with van der Waals surface area (Å²) in [5, 5.41) is 9.85. The Morgan fingerprint density at radius 1 is 1.24 bits per heavy atom. The van der Waals surface area contributed by atoms with Gasteiger partial charge in [-0.05, 0) is 38.3 Å². The van der Waals surface area contributed by atoms with Gasteiger partial charge < -0.3 is 14.4 Å². The molecule has 0 aromatic carbocycles. The van der Waals surface area contributed by atoms with E-state index in [4.69, 9.17) is 4.74 Å². The van der Waals surface area contributed by atoms with E-state index in [1.807, 2.05) is 20.8 Å². The van der Waals surface area contributed by atoms with Gasteiger partial charge in [-0.2, -0.15) is 0 Å². The molecule has 0 aliphatic heterocycles. The van der Waals surface area contributed by atoms with Crippen LogP contribution in [0.15, 0.2) is 23.1 Å². The summed E-state index contributed by atoms with van der Waals surface area (Å²) in [7, 11) is 0. The van der Waals surface area contributed by atoms with Gasteiger partial charge in [-0.15, -0.1) is 0 Å². The average Bonchev–Trinajstić information content (AvgIpc) is 2.70. The minimum atomic E-state index is -1.27. The van der Waals surface area contributed by atoms with E-state index in [9.17, 15) is 19.5 Å². The van der Waals surface area contributed by atoms with Gasteiger partial charge in [0.2, 0.25) is 5.43 Å². The Hall–Kier alpha value is -2.70. The third kappa shape index (κ3) is 5.43. The maximum Gasteiger partial charge on any atom is 0.345 e. The van der Waals surface area contributed by atoms with Crippen LogP contribution in [0, 0.1) is 12.8 Å². The number of pyridine rings is 2. The average molecular weight is 402 g/mol. The van der Waals surface area contributed by atoms with Gasteiger partial charge in [0.1, 0.15) is 11.2 Å². The number of carboxylic acids is 1. The number of esters is 1. The zero-order valence-corrected chi connectivity index (χ0v) is 17.6. The van der Waals surface area contributed by atoms with Crippen LogP contribution in [0.5, 0.6) is 0 Å². The van der Waals surface area contributed by atoms with Crippen LogP contribution in [0.25, 0.3) is 11.0 Å². The summed E-state index contributed by atoms with van der Waals surface area (Å²) in [4.78, 5) is 41.6. The molecule has 7 heteroatoms. The number of hydrogen-bond donors (Lipinski definition) is 1. The van der Waals surface area contributed by atoms with Crippen molar-refractivity contribution in [2.75, 3.05) is 0 Å². The van der Waals surface area contributed by atoms with Crippen LogP contribution in [0.2, 0.25) is 0 Å². The van der Waals surface area contributed by atoms with Crippen LogP contribution in [-0.4, -0.2) is 32.7 Å². The molecule has 1 N–H and O–H groups in total. The Morgan fingerprint density at radius 2 is 1.97 bits per heavy atom. The molecule has 0 fully saturated rings. The fraction of sp³-hybridized carbons (Fsp3) is 0.545. The SMILES string of the molecule is CCCCC(CC)CC(OC(=O)c1cn(CC)c2nc(C)ccc2c1=O)C(=O)O. The van der Waals surface area contributed by atoms with E-state index in [-0.39, 0.29) is 17.9 Å². The first-order chi connectivity index (χ1) is 13.8. The summed E-state index contributed by atoms with van der Waals surface area (Å²) < 4.78 is 6.99. The van der Waals surface area contributed by atoms with Gasteiger partial charge in [-0.3, -0.25) is 4.79 Å². The largest absolute Gasteiger partial charge is 0.479 e. The lowest BCUT2D eigenvalue weighted by Crippen LogP contribution is -2.31. The minimum Gasteiger partial charge on any atom is -0.479 e. The fourth-order valence-corrected chi connectivity index (χ4v) is 3.42. The summed E-state index contributed by atoms with van der Waals surface area (Å²) in [6.45, 7) is 8.29.